The lowest BCUT2D eigenvalue weighted by molar-refractivity contribution is -0.140. The minimum atomic E-state index is -0.369. The van der Waals surface area contributed by atoms with E-state index < -0.39 is 0 Å². The van der Waals surface area contributed by atoms with Crippen molar-refractivity contribution in [1.82, 2.24) is 20.4 Å². The van der Waals surface area contributed by atoms with Gasteiger partial charge in [0.05, 0.1) is 25.8 Å². The summed E-state index contributed by atoms with van der Waals surface area (Å²) in [5.41, 5.74) is 2.05. The number of hydrogen-bond donors (Lipinski definition) is 2. The monoisotopic (exact) mass is 376 g/mol. The summed E-state index contributed by atoms with van der Waals surface area (Å²) in [5.74, 6) is 0.0432. The second-order valence-electron chi connectivity index (χ2n) is 7.38. The SMILES string of the molecule is COC(=O)CCNC(=O)c1n[nH]c2c1CCN(C(=O)CC1CCCCC1)C2. The van der Waals surface area contributed by atoms with E-state index in [0.29, 0.717) is 37.5 Å². The van der Waals surface area contributed by atoms with E-state index in [4.69, 9.17) is 0 Å². The molecule has 1 fully saturated rings. The Balaban J connectivity index is 1.54. The predicted molar refractivity (Wildman–Crippen MR) is 97.9 cm³/mol. The van der Waals surface area contributed by atoms with Crippen molar-refractivity contribution in [3.8, 4) is 0 Å². The summed E-state index contributed by atoms with van der Waals surface area (Å²) >= 11 is 0. The van der Waals surface area contributed by atoms with Crippen molar-refractivity contribution in [2.24, 2.45) is 5.92 Å². The molecule has 2 N–H and O–H groups in total. The average molecular weight is 376 g/mol. The highest BCUT2D eigenvalue weighted by Gasteiger charge is 2.28. The molecular formula is C19H28N4O4. The van der Waals surface area contributed by atoms with Gasteiger partial charge in [-0.3, -0.25) is 19.5 Å². The number of H-pyrrole nitrogens is 1. The van der Waals surface area contributed by atoms with E-state index >= 15 is 0 Å². The Bertz CT molecular complexity index is 694. The number of aromatic amines is 1. The number of esters is 1. The Labute approximate surface area is 159 Å². The lowest BCUT2D eigenvalue weighted by Gasteiger charge is -2.29. The van der Waals surface area contributed by atoms with Crippen LogP contribution in [0.25, 0.3) is 0 Å². The Morgan fingerprint density at radius 1 is 1.26 bits per heavy atom. The minimum absolute atomic E-state index is 0.123. The molecular weight excluding hydrogens is 348 g/mol. The molecule has 1 aliphatic heterocycles. The van der Waals surface area contributed by atoms with E-state index in [1.54, 1.807) is 0 Å². The van der Waals surface area contributed by atoms with Gasteiger partial charge in [0.1, 0.15) is 0 Å². The molecule has 2 aliphatic rings. The van der Waals surface area contributed by atoms with Gasteiger partial charge in [0.25, 0.3) is 5.91 Å². The van der Waals surface area contributed by atoms with E-state index in [2.05, 4.69) is 20.3 Å². The standard InChI is InChI=1S/C19H28N4O4/c1-27-17(25)7-9-20-19(26)18-14-8-10-23(12-15(14)21-22-18)16(24)11-13-5-3-2-4-6-13/h13H,2-12H2,1H3,(H,20,26)(H,21,22). The van der Waals surface area contributed by atoms with Crippen LogP contribution in [0.1, 0.15) is 66.7 Å². The lowest BCUT2D eigenvalue weighted by Crippen LogP contribution is -2.37. The van der Waals surface area contributed by atoms with Crippen molar-refractivity contribution in [1.29, 1.82) is 0 Å². The highest BCUT2D eigenvalue weighted by atomic mass is 16.5. The van der Waals surface area contributed by atoms with Gasteiger partial charge in [-0.25, -0.2) is 0 Å². The highest BCUT2D eigenvalue weighted by molar-refractivity contribution is 5.94. The van der Waals surface area contributed by atoms with Crippen LogP contribution in [0, 0.1) is 5.92 Å². The van der Waals surface area contributed by atoms with Crippen LogP contribution in [0.15, 0.2) is 0 Å². The normalized spacial score (nSPS) is 17.3. The Kier molecular flexibility index (Phi) is 6.47. The van der Waals surface area contributed by atoms with Gasteiger partial charge in [-0.05, 0) is 25.2 Å². The predicted octanol–water partition coefficient (Wildman–Crippen LogP) is 1.56. The zero-order valence-electron chi connectivity index (χ0n) is 15.9. The third-order valence-electron chi connectivity index (χ3n) is 5.53. The van der Waals surface area contributed by atoms with E-state index in [-0.39, 0.29) is 30.7 Å². The lowest BCUT2D eigenvalue weighted by atomic mass is 9.86. The molecule has 8 heteroatoms. The summed E-state index contributed by atoms with van der Waals surface area (Å²) in [7, 11) is 1.32. The Morgan fingerprint density at radius 2 is 2.04 bits per heavy atom. The van der Waals surface area contributed by atoms with Gasteiger partial charge in [0, 0.05) is 25.1 Å². The molecule has 2 heterocycles. The number of amides is 2. The first kappa shape index (κ1) is 19.4. The highest BCUT2D eigenvalue weighted by Crippen LogP contribution is 2.28. The molecule has 1 aliphatic carbocycles. The molecule has 1 aromatic heterocycles. The second-order valence-corrected chi connectivity index (χ2v) is 7.38. The van der Waals surface area contributed by atoms with Gasteiger partial charge in [0.2, 0.25) is 5.91 Å². The smallest absolute Gasteiger partial charge is 0.307 e. The van der Waals surface area contributed by atoms with Crippen molar-refractivity contribution in [2.45, 2.75) is 57.9 Å². The summed E-state index contributed by atoms with van der Waals surface area (Å²) in [6.07, 6.45) is 7.44. The molecule has 0 radical (unpaired) electrons. The first-order valence-electron chi connectivity index (χ1n) is 9.77. The number of aromatic nitrogens is 2. The van der Waals surface area contributed by atoms with Crippen molar-refractivity contribution < 1.29 is 19.1 Å². The number of nitrogens with one attached hydrogen (secondary N) is 2. The van der Waals surface area contributed by atoms with E-state index in [1.807, 2.05) is 4.90 Å². The molecule has 0 aromatic carbocycles. The quantitative estimate of drug-likeness (QED) is 0.733. The van der Waals surface area contributed by atoms with Crippen LogP contribution < -0.4 is 5.32 Å². The van der Waals surface area contributed by atoms with Crippen LogP contribution in [0.2, 0.25) is 0 Å². The largest absolute Gasteiger partial charge is 0.469 e. The molecule has 148 valence electrons. The number of fused-ring (bicyclic) bond motifs is 1. The number of ether oxygens (including phenoxy) is 1. The molecule has 2 amide bonds. The number of carbonyl (C=O) groups excluding carboxylic acids is 3. The van der Waals surface area contributed by atoms with E-state index in [0.717, 1.165) is 24.1 Å². The zero-order valence-corrected chi connectivity index (χ0v) is 15.9. The molecule has 0 spiro atoms. The molecule has 0 atom stereocenters. The Hall–Kier alpha value is -2.38. The molecule has 1 saturated carbocycles. The fourth-order valence-electron chi connectivity index (χ4n) is 3.95. The maximum atomic E-state index is 12.6. The van der Waals surface area contributed by atoms with Crippen LogP contribution in [0.3, 0.4) is 0 Å². The van der Waals surface area contributed by atoms with Gasteiger partial charge in [-0.2, -0.15) is 5.10 Å². The molecule has 0 saturated heterocycles. The van der Waals surface area contributed by atoms with Crippen LogP contribution >= 0.6 is 0 Å². The van der Waals surface area contributed by atoms with Gasteiger partial charge in [-0.1, -0.05) is 19.3 Å². The number of hydrogen-bond acceptors (Lipinski definition) is 5. The van der Waals surface area contributed by atoms with Gasteiger partial charge in [0.15, 0.2) is 5.69 Å². The summed E-state index contributed by atoms with van der Waals surface area (Å²) in [6, 6.07) is 0. The fraction of sp³-hybridized carbons (Fsp3) is 0.684. The topological polar surface area (TPSA) is 104 Å². The van der Waals surface area contributed by atoms with Gasteiger partial charge >= 0.3 is 5.97 Å². The maximum Gasteiger partial charge on any atom is 0.307 e. The molecule has 0 unspecified atom stereocenters. The molecule has 1 aromatic rings. The summed E-state index contributed by atoms with van der Waals surface area (Å²) < 4.78 is 4.55. The van der Waals surface area contributed by atoms with Gasteiger partial charge < -0.3 is 15.0 Å². The molecule has 3 rings (SSSR count). The summed E-state index contributed by atoms with van der Waals surface area (Å²) in [4.78, 5) is 37.9. The van der Waals surface area contributed by atoms with Crippen LogP contribution in [0.5, 0.6) is 0 Å². The third kappa shape index (κ3) is 4.87. The van der Waals surface area contributed by atoms with Crippen molar-refractivity contribution in [2.75, 3.05) is 20.2 Å². The molecule has 0 bridgehead atoms. The van der Waals surface area contributed by atoms with Gasteiger partial charge in [-0.15, -0.1) is 0 Å². The van der Waals surface area contributed by atoms with Crippen molar-refractivity contribution in [3.05, 3.63) is 17.0 Å². The number of methoxy groups -OCH3 is 1. The number of nitrogens with zero attached hydrogens (tertiary/aromatic N) is 2. The first-order valence-corrected chi connectivity index (χ1v) is 9.77. The van der Waals surface area contributed by atoms with Crippen LogP contribution in [-0.2, 0) is 27.3 Å². The first-order chi connectivity index (χ1) is 13.1. The number of rotatable bonds is 6. The van der Waals surface area contributed by atoms with E-state index in [9.17, 15) is 14.4 Å². The fourth-order valence-corrected chi connectivity index (χ4v) is 3.95. The summed E-state index contributed by atoms with van der Waals surface area (Å²) in [6.45, 7) is 1.29. The second kappa shape index (κ2) is 9.01. The third-order valence-corrected chi connectivity index (χ3v) is 5.53. The minimum Gasteiger partial charge on any atom is -0.469 e. The maximum absolute atomic E-state index is 12.6. The van der Waals surface area contributed by atoms with Crippen LogP contribution in [-0.4, -0.2) is 53.1 Å². The zero-order chi connectivity index (χ0) is 19.2. The Morgan fingerprint density at radius 3 is 2.78 bits per heavy atom. The molecule has 27 heavy (non-hydrogen) atoms. The summed E-state index contributed by atoms with van der Waals surface area (Å²) in [5, 5.41) is 9.73. The van der Waals surface area contributed by atoms with Crippen LogP contribution in [0.4, 0.5) is 0 Å². The van der Waals surface area contributed by atoms with E-state index in [1.165, 1.54) is 26.4 Å². The van der Waals surface area contributed by atoms with Crippen molar-refractivity contribution >= 4 is 17.8 Å². The van der Waals surface area contributed by atoms with Crippen molar-refractivity contribution in [3.63, 3.8) is 0 Å². The molecule has 8 nitrogen and oxygen atoms in total. The number of carbonyl (C=O) groups is 3. The average Bonchev–Trinajstić information content (AvgIpc) is 3.11.